The molecule has 19 heavy (non-hydrogen) atoms. The third-order valence-corrected chi connectivity index (χ3v) is 3.55. The molecule has 0 unspecified atom stereocenters. The molecule has 6 nitrogen and oxygen atoms in total. The second-order valence-corrected chi connectivity index (χ2v) is 4.92. The Morgan fingerprint density at radius 2 is 2.16 bits per heavy atom. The second-order valence-electron chi connectivity index (χ2n) is 4.92. The molecule has 1 aliphatic rings. The zero-order valence-corrected chi connectivity index (χ0v) is 10.8. The predicted molar refractivity (Wildman–Crippen MR) is 70.3 cm³/mol. The summed E-state index contributed by atoms with van der Waals surface area (Å²) in [6.07, 6.45) is 5.99. The van der Waals surface area contributed by atoms with Gasteiger partial charge in [-0.15, -0.1) is 0 Å². The molecule has 1 aliphatic heterocycles. The molecule has 0 aromatic carbocycles. The third-order valence-electron chi connectivity index (χ3n) is 3.55. The van der Waals surface area contributed by atoms with Crippen LogP contribution in [-0.2, 0) is 11.3 Å². The van der Waals surface area contributed by atoms with E-state index in [0.29, 0.717) is 5.92 Å². The van der Waals surface area contributed by atoms with Crippen LogP contribution in [0.4, 0.5) is 0 Å². The van der Waals surface area contributed by atoms with Gasteiger partial charge in [0, 0.05) is 43.7 Å². The molecule has 2 aromatic heterocycles. The number of nitrogens with zero attached hydrogens (tertiary/aromatic N) is 2. The van der Waals surface area contributed by atoms with Crippen LogP contribution < -0.4 is 5.32 Å². The largest absolute Gasteiger partial charge is 0.372 e. The smallest absolute Gasteiger partial charge is 0.103 e. The van der Waals surface area contributed by atoms with E-state index in [0.717, 1.165) is 37.5 Å². The first-order valence-electron chi connectivity index (χ1n) is 6.73. The fourth-order valence-electron chi connectivity index (χ4n) is 2.60. The molecule has 3 rings (SSSR count). The van der Waals surface area contributed by atoms with Crippen molar-refractivity contribution in [1.82, 2.24) is 25.7 Å². The molecule has 1 saturated heterocycles. The second kappa shape index (κ2) is 5.99. The Labute approximate surface area is 111 Å². The molecule has 0 aliphatic carbocycles. The summed E-state index contributed by atoms with van der Waals surface area (Å²) in [6, 6.07) is 3.98. The molecule has 6 heteroatoms. The SMILES string of the molecule is c1cc(CNC[C@@H]2CCCO[C@H]2c2ccn[nH]2)[nH]n1. The van der Waals surface area contributed by atoms with Crippen LogP contribution in [0.1, 0.15) is 30.3 Å². The van der Waals surface area contributed by atoms with E-state index in [1.165, 1.54) is 6.42 Å². The van der Waals surface area contributed by atoms with Gasteiger partial charge in [-0.05, 0) is 25.0 Å². The maximum absolute atomic E-state index is 5.89. The Bertz CT molecular complexity index is 467. The highest BCUT2D eigenvalue weighted by Crippen LogP contribution is 2.31. The van der Waals surface area contributed by atoms with Crippen LogP contribution in [0.3, 0.4) is 0 Å². The van der Waals surface area contributed by atoms with Crippen LogP contribution in [0, 0.1) is 5.92 Å². The van der Waals surface area contributed by atoms with Crippen molar-refractivity contribution in [3.8, 4) is 0 Å². The molecule has 0 spiro atoms. The van der Waals surface area contributed by atoms with Gasteiger partial charge in [0.25, 0.3) is 0 Å². The van der Waals surface area contributed by atoms with E-state index in [4.69, 9.17) is 4.74 Å². The summed E-state index contributed by atoms with van der Waals surface area (Å²) in [5, 5.41) is 17.4. The number of hydrogen-bond acceptors (Lipinski definition) is 4. The van der Waals surface area contributed by atoms with Gasteiger partial charge in [-0.3, -0.25) is 10.2 Å². The van der Waals surface area contributed by atoms with Crippen molar-refractivity contribution in [2.45, 2.75) is 25.5 Å². The highest BCUT2D eigenvalue weighted by atomic mass is 16.5. The Kier molecular flexibility index (Phi) is 3.90. The molecule has 0 saturated carbocycles. The van der Waals surface area contributed by atoms with Crippen LogP contribution in [-0.4, -0.2) is 33.5 Å². The normalized spacial score (nSPS) is 23.6. The Balaban J connectivity index is 1.55. The van der Waals surface area contributed by atoms with Gasteiger partial charge in [-0.1, -0.05) is 0 Å². The van der Waals surface area contributed by atoms with Gasteiger partial charge in [-0.2, -0.15) is 10.2 Å². The van der Waals surface area contributed by atoms with Crippen molar-refractivity contribution >= 4 is 0 Å². The molecule has 2 aromatic rings. The lowest BCUT2D eigenvalue weighted by Crippen LogP contribution is -2.32. The summed E-state index contributed by atoms with van der Waals surface area (Å²) in [6.45, 7) is 2.58. The first-order valence-corrected chi connectivity index (χ1v) is 6.73. The fourth-order valence-corrected chi connectivity index (χ4v) is 2.60. The van der Waals surface area contributed by atoms with Crippen LogP contribution in [0.25, 0.3) is 0 Å². The maximum atomic E-state index is 5.89. The van der Waals surface area contributed by atoms with E-state index in [1.807, 2.05) is 12.1 Å². The maximum Gasteiger partial charge on any atom is 0.103 e. The summed E-state index contributed by atoms with van der Waals surface area (Å²) in [5.74, 6) is 0.483. The fraction of sp³-hybridized carbons (Fsp3) is 0.538. The Morgan fingerprint density at radius 3 is 2.95 bits per heavy atom. The van der Waals surface area contributed by atoms with E-state index in [2.05, 4.69) is 25.7 Å². The summed E-state index contributed by atoms with van der Waals surface area (Å²) in [4.78, 5) is 0. The Hall–Kier alpha value is -1.66. The molecule has 0 radical (unpaired) electrons. The molecule has 3 heterocycles. The minimum absolute atomic E-state index is 0.130. The first-order chi connectivity index (χ1) is 9.43. The predicted octanol–water partition coefficient (Wildman–Crippen LogP) is 1.39. The van der Waals surface area contributed by atoms with Crippen molar-refractivity contribution in [2.24, 2.45) is 5.92 Å². The van der Waals surface area contributed by atoms with E-state index < -0.39 is 0 Å². The number of H-pyrrole nitrogens is 2. The minimum atomic E-state index is 0.130. The number of aromatic amines is 2. The average molecular weight is 261 g/mol. The monoisotopic (exact) mass is 261 g/mol. The number of rotatable bonds is 5. The van der Waals surface area contributed by atoms with Crippen molar-refractivity contribution in [1.29, 1.82) is 0 Å². The first kappa shape index (κ1) is 12.4. The minimum Gasteiger partial charge on any atom is -0.372 e. The van der Waals surface area contributed by atoms with Crippen molar-refractivity contribution < 1.29 is 4.74 Å². The van der Waals surface area contributed by atoms with E-state index in [9.17, 15) is 0 Å². The summed E-state index contributed by atoms with van der Waals surface area (Å²) in [7, 11) is 0. The lowest BCUT2D eigenvalue weighted by Gasteiger charge is -2.31. The van der Waals surface area contributed by atoms with Crippen molar-refractivity contribution in [3.05, 3.63) is 35.9 Å². The lowest BCUT2D eigenvalue weighted by molar-refractivity contribution is -0.0303. The number of aromatic nitrogens is 4. The molecule has 3 N–H and O–H groups in total. The number of nitrogens with one attached hydrogen (secondary N) is 3. The molecule has 102 valence electrons. The third kappa shape index (κ3) is 3.02. The summed E-state index contributed by atoms with van der Waals surface area (Å²) in [5.41, 5.74) is 2.18. The van der Waals surface area contributed by atoms with Gasteiger partial charge in [-0.25, -0.2) is 0 Å². The standard InChI is InChI=1S/C13H19N5O/c1-2-10(8-14-9-11-3-5-15-17-11)13(19-7-1)12-4-6-16-18-12/h3-6,10,13-14H,1-2,7-9H2,(H,15,17)(H,16,18)/t10-,13+/m0/s1. The van der Waals surface area contributed by atoms with E-state index in [1.54, 1.807) is 12.4 Å². The molecular weight excluding hydrogens is 242 g/mol. The number of ether oxygens (including phenoxy) is 1. The van der Waals surface area contributed by atoms with Gasteiger partial charge in [0.15, 0.2) is 0 Å². The van der Waals surface area contributed by atoms with E-state index >= 15 is 0 Å². The molecule has 0 bridgehead atoms. The highest BCUT2D eigenvalue weighted by molar-refractivity contribution is 5.05. The molecular formula is C13H19N5O. The van der Waals surface area contributed by atoms with Crippen molar-refractivity contribution in [3.63, 3.8) is 0 Å². The van der Waals surface area contributed by atoms with Crippen LogP contribution >= 0.6 is 0 Å². The van der Waals surface area contributed by atoms with Gasteiger partial charge in [0.2, 0.25) is 0 Å². The van der Waals surface area contributed by atoms with Crippen molar-refractivity contribution in [2.75, 3.05) is 13.2 Å². The summed E-state index contributed by atoms with van der Waals surface area (Å²) < 4.78 is 5.89. The topological polar surface area (TPSA) is 78.6 Å². The van der Waals surface area contributed by atoms with Crippen LogP contribution in [0.5, 0.6) is 0 Å². The van der Waals surface area contributed by atoms with E-state index in [-0.39, 0.29) is 6.10 Å². The molecule has 0 amide bonds. The quantitative estimate of drug-likeness (QED) is 0.760. The van der Waals surface area contributed by atoms with Crippen LogP contribution in [0.15, 0.2) is 24.5 Å². The van der Waals surface area contributed by atoms with Crippen LogP contribution in [0.2, 0.25) is 0 Å². The Morgan fingerprint density at radius 1 is 1.26 bits per heavy atom. The zero-order chi connectivity index (χ0) is 12.9. The molecule has 1 fully saturated rings. The van der Waals surface area contributed by atoms with Gasteiger partial charge >= 0.3 is 0 Å². The highest BCUT2D eigenvalue weighted by Gasteiger charge is 2.28. The lowest BCUT2D eigenvalue weighted by atomic mass is 9.92. The van der Waals surface area contributed by atoms with Gasteiger partial charge in [0.1, 0.15) is 6.10 Å². The zero-order valence-electron chi connectivity index (χ0n) is 10.8. The summed E-state index contributed by atoms with van der Waals surface area (Å²) >= 11 is 0. The molecule has 2 atom stereocenters. The van der Waals surface area contributed by atoms with Gasteiger partial charge in [0.05, 0.1) is 5.69 Å². The average Bonchev–Trinajstić information content (AvgIpc) is 3.12. The number of hydrogen-bond donors (Lipinski definition) is 3. The van der Waals surface area contributed by atoms with Gasteiger partial charge < -0.3 is 10.1 Å².